The molecule has 0 radical (unpaired) electrons. The highest BCUT2D eigenvalue weighted by atomic mass is 79.9. The molecule has 0 aliphatic heterocycles. The van der Waals surface area contributed by atoms with Crippen molar-refractivity contribution in [3.8, 4) is 11.8 Å². The van der Waals surface area contributed by atoms with E-state index >= 15 is 0 Å². The number of benzene rings is 2. The first-order valence-corrected chi connectivity index (χ1v) is 8.23. The van der Waals surface area contributed by atoms with Gasteiger partial charge >= 0.3 is 5.97 Å². The average molecular weight is 420 g/mol. The van der Waals surface area contributed by atoms with Crippen LogP contribution in [0.15, 0.2) is 52.5 Å². The summed E-state index contributed by atoms with van der Waals surface area (Å²) >= 11 is 9.15. The van der Waals surface area contributed by atoms with Gasteiger partial charge in [0, 0.05) is 17.6 Å². The van der Waals surface area contributed by atoms with Crippen molar-refractivity contribution in [2.24, 2.45) is 0 Å². The third-order valence-corrected chi connectivity index (χ3v) is 3.82. The van der Waals surface area contributed by atoms with Gasteiger partial charge in [-0.05, 0) is 57.9 Å². The summed E-state index contributed by atoms with van der Waals surface area (Å²) in [6.07, 6.45) is 1.43. The van der Waals surface area contributed by atoms with Crippen molar-refractivity contribution in [3.05, 3.63) is 63.1 Å². The third-order valence-electron chi connectivity index (χ3n) is 2.97. The van der Waals surface area contributed by atoms with Crippen molar-refractivity contribution in [3.63, 3.8) is 0 Å². The topological polar surface area (TPSA) is 79.2 Å². The van der Waals surface area contributed by atoms with Crippen LogP contribution in [0.1, 0.15) is 12.5 Å². The van der Waals surface area contributed by atoms with Crippen LogP contribution < -0.4 is 10.1 Å². The van der Waals surface area contributed by atoms with E-state index < -0.39 is 11.9 Å². The highest BCUT2D eigenvalue weighted by molar-refractivity contribution is 9.10. The summed E-state index contributed by atoms with van der Waals surface area (Å²) in [7, 11) is 0. The monoisotopic (exact) mass is 418 g/mol. The van der Waals surface area contributed by atoms with E-state index in [0.717, 1.165) is 0 Å². The maximum absolute atomic E-state index is 12.2. The number of amides is 1. The number of hydrogen-bond acceptors (Lipinski definition) is 4. The van der Waals surface area contributed by atoms with E-state index in [2.05, 4.69) is 21.2 Å². The summed E-state index contributed by atoms with van der Waals surface area (Å²) in [6, 6.07) is 13.3. The summed E-state index contributed by atoms with van der Waals surface area (Å²) in [5.41, 5.74) is 1.01. The molecule has 0 unspecified atom stereocenters. The number of esters is 1. The number of hydrogen-bond donors (Lipinski definition) is 1. The van der Waals surface area contributed by atoms with Crippen LogP contribution in [0.25, 0.3) is 6.08 Å². The van der Waals surface area contributed by atoms with Gasteiger partial charge in [0.15, 0.2) is 0 Å². The maximum atomic E-state index is 12.2. The smallest absolute Gasteiger partial charge is 0.308 e. The van der Waals surface area contributed by atoms with Gasteiger partial charge in [-0.25, -0.2) is 0 Å². The number of nitriles is 1. The number of halogens is 2. The van der Waals surface area contributed by atoms with Gasteiger partial charge in [-0.15, -0.1) is 0 Å². The van der Waals surface area contributed by atoms with Crippen LogP contribution in [0, 0.1) is 11.3 Å². The van der Waals surface area contributed by atoms with E-state index in [9.17, 15) is 14.9 Å². The number of anilines is 1. The molecule has 0 heterocycles. The first-order chi connectivity index (χ1) is 11.9. The Morgan fingerprint density at radius 1 is 1.28 bits per heavy atom. The average Bonchev–Trinajstić information content (AvgIpc) is 2.54. The molecular formula is C18H12BrClN2O3. The zero-order valence-electron chi connectivity index (χ0n) is 13.0. The first-order valence-electron chi connectivity index (χ1n) is 7.05. The molecule has 1 amide bonds. The van der Waals surface area contributed by atoms with E-state index in [1.807, 2.05) is 6.07 Å². The maximum Gasteiger partial charge on any atom is 0.308 e. The molecule has 0 atom stereocenters. The van der Waals surface area contributed by atoms with Crippen molar-refractivity contribution < 1.29 is 14.3 Å². The number of carbonyl (C=O) groups excluding carboxylic acids is 2. The van der Waals surface area contributed by atoms with Crippen LogP contribution in [-0.2, 0) is 9.59 Å². The van der Waals surface area contributed by atoms with E-state index in [4.69, 9.17) is 16.3 Å². The largest absolute Gasteiger partial charge is 0.426 e. The fourth-order valence-electron chi connectivity index (χ4n) is 1.92. The first kappa shape index (κ1) is 18.7. The molecule has 2 aromatic carbocycles. The van der Waals surface area contributed by atoms with Gasteiger partial charge in [-0.3, -0.25) is 9.59 Å². The molecule has 0 saturated carbocycles. The summed E-state index contributed by atoms with van der Waals surface area (Å²) in [4.78, 5) is 23.2. The Morgan fingerprint density at radius 2 is 2.04 bits per heavy atom. The Morgan fingerprint density at radius 3 is 2.64 bits per heavy atom. The third kappa shape index (κ3) is 5.45. The molecule has 1 N–H and O–H groups in total. The lowest BCUT2D eigenvalue weighted by atomic mass is 10.1. The molecule has 0 spiro atoms. The molecule has 0 aliphatic rings. The Bertz CT molecular complexity index is 903. The number of carbonyl (C=O) groups is 2. The van der Waals surface area contributed by atoms with Crippen molar-refractivity contribution >= 4 is 51.2 Å². The Labute approximate surface area is 158 Å². The van der Waals surface area contributed by atoms with Crippen molar-refractivity contribution in [2.75, 3.05) is 5.32 Å². The van der Waals surface area contributed by atoms with Gasteiger partial charge in [-0.2, -0.15) is 5.26 Å². The van der Waals surface area contributed by atoms with Gasteiger partial charge < -0.3 is 10.1 Å². The van der Waals surface area contributed by atoms with Gasteiger partial charge in [0.2, 0.25) is 0 Å². The molecule has 2 aromatic rings. The molecular weight excluding hydrogens is 408 g/mol. The minimum absolute atomic E-state index is 0.0767. The molecule has 7 heteroatoms. The Balaban J connectivity index is 2.22. The number of nitrogens with one attached hydrogen (secondary N) is 1. The number of ether oxygens (including phenoxy) is 1. The Kier molecular flexibility index (Phi) is 6.34. The minimum Gasteiger partial charge on any atom is -0.426 e. The second kappa shape index (κ2) is 8.47. The number of nitrogens with zero attached hydrogens (tertiary/aromatic N) is 1. The van der Waals surface area contributed by atoms with E-state index in [1.54, 1.807) is 42.5 Å². The molecule has 0 fully saturated rings. The lowest BCUT2D eigenvalue weighted by Crippen LogP contribution is -2.13. The van der Waals surface area contributed by atoms with Crippen LogP contribution in [0.4, 0.5) is 5.69 Å². The molecule has 126 valence electrons. The van der Waals surface area contributed by atoms with Gasteiger partial charge in [0.1, 0.15) is 17.4 Å². The molecule has 0 saturated heterocycles. The molecule has 0 aliphatic carbocycles. The zero-order chi connectivity index (χ0) is 18.4. The normalized spacial score (nSPS) is 10.7. The number of rotatable bonds is 4. The fourth-order valence-corrected chi connectivity index (χ4v) is 2.59. The molecule has 25 heavy (non-hydrogen) atoms. The highest BCUT2D eigenvalue weighted by Gasteiger charge is 2.11. The van der Waals surface area contributed by atoms with Gasteiger partial charge in [0.25, 0.3) is 5.91 Å². The standard InChI is InChI=1S/C18H12BrClN2O3/c1-11(23)25-17-6-5-12(8-16(17)19)7-13(10-21)18(24)22-15-4-2-3-14(20)9-15/h2-9H,1H3,(H,22,24)/b13-7+. The zero-order valence-corrected chi connectivity index (χ0v) is 15.4. The van der Waals surface area contributed by atoms with Gasteiger partial charge in [0.05, 0.1) is 4.47 Å². The SMILES string of the molecule is CC(=O)Oc1ccc(/C=C(\C#N)C(=O)Nc2cccc(Cl)c2)cc1Br. The summed E-state index contributed by atoms with van der Waals surface area (Å²) in [5, 5.41) is 12.3. The van der Waals surface area contributed by atoms with Crippen LogP contribution in [0.2, 0.25) is 5.02 Å². The minimum atomic E-state index is -0.551. The predicted molar refractivity (Wildman–Crippen MR) is 99.1 cm³/mol. The van der Waals surface area contributed by atoms with Gasteiger partial charge in [-0.1, -0.05) is 23.7 Å². The predicted octanol–water partition coefficient (Wildman–Crippen LogP) is 4.57. The van der Waals surface area contributed by atoms with Crippen LogP contribution in [0.3, 0.4) is 0 Å². The van der Waals surface area contributed by atoms with Crippen molar-refractivity contribution in [2.45, 2.75) is 6.92 Å². The van der Waals surface area contributed by atoms with E-state index in [0.29, 0.717) is 26.5 Å². The van der Waals surface area contributed by atoms with E-state index in [1.165, 1.54) is 13.0 Å². The molecule has 0 bridgehead atoms. The quantitative estimate of drug-likeness (QED) is 0.341. The van der Waals surface area contributed by atoms with Crippen molar-refractivity contribution in [1.82, 2.24) is 0 Å². The fraction of sp³-hybridized carbons (Fsp3) is 0.0556. The second-order valence-electron chi connectivity index (χ2n) is 4.92. The Hall–Kier alpha value is -2.62. The van der Waals surface area contributed by atoms with Crippen LogP contribution in [-0.4, -0.2) is 11.9 Å². The molecule has 5 nitrogen and oxygen atoms in total. The lowest BCUT2D eigenvalue weighted by Gasteiger charge is -2.06. The van der Waals surface area contributed by atoms with Crippen molar-refractivity contribution in [1.29, 1.82) is 5.26 Å². The van der Waals surface area contributed by atoms with E-state index in [-0.39, 0.29) is 5.57 Å². The highest BCUT2D eigenvalue weighted by Crippen LogP contribution is 2.27. The summed E-state index contributed by atoms with van der Waals surface area (Å²) in [6.45, 7) is 1.30. The lowest BCUT2D eigenvalue weighted by molar-refractivity contribution is -0.131. The van der Waals surface area contributed by atoms with Crippen LogP contribution in [0.5, 0.6) is 5.75 Å². The summed E-state index contributed by atoms with van der Waals surface area (Å²) in [5.74, 6) is -0.640. The summed E-state index contributed by atoms with van der Waals surface area (Å²) < 4.78 is 5.54. The van der Waals surface area contributed by atoms with Crippen LogP contribution >= 0.6 is 27.5 Å². The second-order valence-corrected chi connectivity index (χ2v) is 6.21. The molecule has 0 aromatic heterocycles. The molecule has 2 rings (SSSR count).